The molecule has 5 nitrogen and oxygen atoms in total. The first-order valence-electron chi connectivity index (χ1n) is 9.12. The predicted octanol–water partition coefficient (Wildman–Crippen LogP) is 4.09. The van der Waals surface area contributed by atoms with Gasteiger partial charge in [0.15, 0.2) is 0 Å². The van der Waals surface area contributed by atoms with Crippen LogP contribution in [0.25, 0.3) is 11.1 Å². The SMILES string of the molecule is CN1CC[C@@]2(CC[C@H](c3cc(-c4ccccc4OC(F)(F)F)ccn3)N2)C1=O.Cl. The van der Waals surface area contributed by atoms with E-state index >= 15 is 0 Å². The Labute approximate surface area is 172 Å². The number of nitrogens with one attached hydrogen (secondary N) is 1. The van der Waals surface area contributed by atoms with E-state index < -0.39 is 11.9 Å². The van der Waals surface area contributed by atoms with Gasteiger partial charge in [0.1, 0.15) is 11.3 Å². The smallest absolute Gasteiger partial charge is 0.405 e. The highest BCUT2D eigenvalue weighted by Gasteiger charge is 2.50. The molecule has 1 aromatic heterocycles. The summed E-state index contributed by atoms with van der Waals surface area (Å²) < 4.78 is 42.3. The van der Waals surface area contributed by atoms with Crippen molar-refractivity contribution in [3.63, 3.8) is 0 Å². The Morgan fingerprint density at radius 2 is 2.00 bits per heavy atom. The van der Waals surface area contributed by atoms with Crippen LogP contribution in [-0.2, 0) is 4.79 Å². The van der Waals surface area contributed by atoms with Gasteiger partial charge in [0, 0.05) is 25.4 Å². The van der Waals surface area contributed by atoms with Crippen molar-refractivity contribution in [3.05, 3.63) is 48.3 Å². The van der Waals surface area contributed by atoms with Gasteiger partial charge in [-0.1, -0.05) is 18.2 Å². The van der Waals surface area contributed by atoms with Crippen molar-refractivity contribution in [1.29, 1.82) is 0 Å². The summed E-state index contributed by atoms with van der Waals surface area (Å²) in [6.45, 7) is 0.716. The Morgan fingerprint density at radius 3 is 2.69 bits per heavy atom. The van der Waals surface area contributed by atoms with E-state index in [9.17, 15) is 18.0 Å². The van der Waals surface area contributed by atoms with Gasteiger partial charge in [-0.25, -0.2) is 0 Å². The number of carbonyl (C=O) groups is 1. The zero-order valence-corrected chi connectivity index (χ0v) is 16.5. The number of halogens is 4. The number of para-hydroxylation sites is 1. The van der Waals surface area contributed by atoms with Gasteiger partial charge in [-0.2, -0.15) is 0 Å². The molecule has 2 fully saturated rings. The fourth-order valence-corrected chi connectivity index (χ4v) is 4.11. The fourth-order valence-electron chi connectivity index (χ4n) is 4.11. The van der Waals surface area contributed by atoms with Crippen LogP contribution >= 0.6 is 12.4 Å². The zero-order valence-electron chi connectivity index (χ0n) is 15.7. The number of benzene rings is 1. The number of rotatable bonds is 3. The van der Waals surface area contributed by atoms with Gasteiger partial charge in [-0.3, -0.25) is 15.1 Å². The summed E-state index contributed by atoms with van der Waals surface area (Å²) in [6.07, 6.45) is -0.970. The van der Waals surface area contributed by atoms with Crippen LogP contribution in [-0.4, -0.2) is 41.3 Å². The van der Waals surface area contributed by atoms with Gasteiger partial charge in [-0.05, 0) is 43.0 Å². The van der Waals surface area contributed by atoms with E-state index in [1.54, 1.807) is 42.4 Å². The largest absolute Gasteiger partial charge is 0.573 e. The Morgan fingerprint density at radius 1 is 1.24 bits per heavy atom. The van der Waals surface area contributed by atoms with E-state index in [4.69, 9.17) is 0 Å². The number of alkyl halides is 3. The topological polar surface area (TPSA) is 54.5 Å². The molecule has 2 aromatic rings. The number of likely N-dealkylation sites (tertiary alicyclic amines) is 1. The van der Waals surface area contributed by atoms with Crippen LogP contribution in [0, 0.1) is 0 Å². The molecule has 0 radical (unpaired) electrons. The van der Waals surface area contributed by atoms with Crippen molar-refractivity contribution in [1.82, 2.24) is 15.2 Å². The molecule has 29 heavy (non-hydrogen) atoms. The lowest BCUT2D eigenvalue weighted by Gasteiger charge is -2.23. The molecule has 1 spiro atoms. The summed E-state index contributed by atoms with van der Waals surface area (Å²) in [7, 11) is 1.79. The van der Waals surface area contributed by atoms with Crippen molar-refractivity contribution in [3.8, 4) is 16.9 Å². The minimum Gasteiger partial charge on any atom is -0.405 e. The lowest BCUT2D eigenvalue weighted by atomic mass is 9.96. The summed E-state index contributed by atoms with van der Waals surface area (Å²) in [5.74, 6) is -0.161. The quantitative estimate of drug-likeness (QED) is 0.801. The van der Waals surface area contributed by atoms with E-state index in [0.29, 0.717) is 23.4 Å². The molecule has 2 atom stereocenters. The number of ether oxygens (including phenoxy) is 1. The third-order valence-electron chi connectivity index (χ3n) is 5.50. The summed E-state index contributed by atoms with van der Waals surface area (Å²) in [4.78, 5) is 18.6. The number of likely N-dealkylation sites (N-methyl/N-ethyl adjacent to an activating group) is 1. The molecule has 2 aliphatic heterocycles. The molecule has 2 saturated heterocycles. The second kappa shape index (κ2) is 7.84. The lowest BCUT2D eigenvalue weighted by Crippen LogP contribution is -2.47. The highest BCUT2D eigenvalue weighted by atomic mass is 35.5. The van der Waals surface area contributed by atoms with Crippen LogP contribution in [0.1, 0.15) is 31.0 Å². The standard InChI is InChI=1S/C20H20F3N3O2.ClH/c1-26-11-9-19(18(26)27)8-6-15(25-19)16-12-13(7-10-24-16)14-4-2-3-5-17(14)28-20(21,22)23;/h2-5,7,10,12,15,25H,6,8-9,11H2,1H3;1H/t15-,19+;/m1./s1. The minimum absolute atomic E-state index is 0. The maximum absolute atomic E-state index is 12.7. The number of pyridine rings is 1. The van der Waals surface area contributed by atoms with E-state index in [2.05, 4.69) is 15.0 Å². The maximum Gasteiger partial charge on any atom is 0.573 e. The zero-order chi connectivity index (χ0) is 19.9. The Balaban J connectivity index is 0.00000240. The molecule has 1 aromatic carbocycles. The molecular formula is C20H21ClF3N3O2. The normalized spacial score (nSPS) is 24.1. The van der Waals surface area contributed by atoms with E-state index in [0.717, 1.165) is 19.3 Å². The van der Waals surface area contributed by atoms with Crippen LogP contribution in [0.5, 0.6) is 5.75 Å². The van der Waals surface area contributed by atoms with Crippen molar-refractivity contribution in [2.24, 2.45) is 0 Å². The first kappa shape index (κ1) is 21.4. The molecule has 0 saturated carbocycles. The second-order valence-electron chi connectivity index (χ2n) is 7.31. The van der Waals surface area contributed by atoms with Gasteiger partial charge in [0.25, 0.3) is 0 Å². The molecule has 156 valence electrons. The Kier molecular flexibility index (Phi) is 5.78. The fraction of sp³-hybridized carbons (Fsp3) is 0.400. The summed E-state index contributed by atoms with van der Waals surface area (Å²) >= 11 is 0. The molecule has 0 bridgehead atoms. The molecule has 4 rings (SSSR count). The van der Waals surface area contributed by atoms with Crippen molar-refractivity contribution >= 4 is 18.3 Å². The van der Waals surface area contributed by atoms with Gasteiger partial charge in [-0.15, -0.1) is 25.6 Å². The first-order valence-corrected chi connectivity index (χ1v) is 9.12. The monoisotopic (exact) mass is 427 g/mol. The highest BCUT2D eigenvalue weighted by molar-refractivity contribution is 5.88. The van der Waals surface area contributed by atoms with Crippen molar-refractivity contribution < 1.29 is 22.7 Å². The van der Waals surface area contributed by atoms with Gasteiger partial charge < -0.3 is 9.64 Å². The molecular weight excluding hydrogens is 407 g/mol. The second-order valence-corrected chi connectivity index (χ2v) is 7.31. The Hall–Kier alpha value is -2.32. The summed E-state index contributed by atoms with van der Waals surface area (Å²) in [5, 5.41) is 3.43. The highest BCUT2D eigenvalue weighted by Crippen LogP contribution is 2.40. The average Bonchev–Trinajstić information content (AvgIpc) is 3.21. The van der Waals surface area contributed by atoms with Crippen LogP contribution in [0.15, 0.2) is 42.6 Å². The van der Waals surface area contributed by atoms with E-state index in [-0.39, 0.29) is 30.1 Å². The summed E-state index contributed by atoms with van der Waals surface area (Å²) in [5.41, 5.74) is 1.09. The molecule has 9 heteroatoms. The van der Waals surface area contributed by atoms with Crippen LogP contribution in [0.2, 0.25) is 0 Å². The van der Waals surface area contributed by atoms with Crippen LogP contribution < -0.4 is 10.1 Å². The van der Waals surface area contributed by atoms with Gasteiger partial charge >= 0.3 is 6.36 Å². The number of carbonyl (C=O) groups excluding carboxylic acids is 1. The molecule has 1 amide bonds. The van der Waals surface area contributed by atoms with Gasteiger partial charge in [0.2, 0.25) is 5.91 Å². The number of hydrogen-bond donors (Lipinski definition) is 1. The van der Waals surface area contributed by atoms with Crippen LogP contribution in [0.3, 0.4) is 0 Å². The molecule has 2 aliphatic rings. The average molecular weight is 428 g/mol. The predicted molar refractivity (Wildman–Crippen MR) is 104 cm³/mol. The molecule has 0 aliphatic carbocycles. The third-order valence-corrected chi connectivity index (χ3v) is 5.50. The lowest BCUT2D eigenvalue weighted by molar-refractivity contribution is -0.274. The molecule has 0 unspecified atom stereocenters. The third kappa shape index (κ3) is 4.18. The van der Waals surface area contributed by atoms with Crippen molar-refractivity contribution in [2.75, 3.05) is 13.6 Å². The Bertz CT molecular complexity index is 909. The first-order chi connectivity index (χ1) is 13.3. The molecule has 1 N–H and O–H groups in total. The number of nitrogens with zero attached hydrogens (tertiary/aromatic N) is 2. The van der Waals surface area contributed by atoms with E-state index in [1.165, 1.54) is 12.1 Å². The number of hydrogen-bond acceptors (Lipinski definition) is 4. The minimum atomic E-state index is -4.76. The van der Waals surface area contributed by atoms with Crippen molar-refractivity contribution in [2.45, 2.75) is 37.2 Å². The summed E-state index contributed by atoms with van der Waals surface area (Å²) in [6, 6.07) is 9.33. The van der Waals surface area contributed by atoms with Crippen LogP contribution in [0.4, 0.5) is 13.2 Å². The number of aromatic nitrogens is 1. The maximum atomic E-state index is 12.7. The number of amides is 1. The van der Waals surface area contributed by atoms with Gasteiger partial charge in [0.05, 0.1) is 11.7 Å². The molecule has 3 heterocycles. The van der Waals surface area contributed by atoms with E-state index in [1.807, 2.05) is 0 Å².